The molecule has 0 bridgehead atoms. The van der Waals surface area contributed by atoms with Crippen LogP contribution in [0.3, 0.4) is 0 Å². The zero-order chi connectivity index (χ0) is 14.4. The Morgan fingerprint density at radius 1 is 1.20 bits per heavy atom. The maximum atomic E-state index is 11.8. The third-order valence-corrected chi connectivity index (χ3v) is 4.04. The van der Waals surface area contributed by atoms with Gasteiger partial charge in [-0.05, 0) is 56.2 Å². The monoisotopic (exact) mass is 275 g/mol. The number of hydrogen-bond donors (Lipinski definition) is 0. The van der Waals surface area contributed by atoms with Crippen LogP contribution < -0.4 is 0 Å². The molecule has 0 fully saturated rings. The molecule has 0 atom stereocenters. The van der Waals surface area contributed by atoms with Crippen molar-refractivity contribution in [3.63, 3.8) is 0 Å². The molecule has 0 N–H and O–H groups in total. The second-order valence-corrected chi connectivity index (χ2v) is 5.33. The minimum absolute atomic E-state index is 0.0870. The van der Waals surface area contributed by atoms with Crippen LogP contribution in [0.5, 0.6) is 0 Å². The summed E-state index contributed by atoms with van der Waals surface area (Å²) in [5, 5.41) is 0. The maximum Gasteiger partial charge on any atom is 0.248 e. The minimum Gasteiger partial charge on any atom is -0.371 e. The van der Waals surface area contributed by atoms with Gasteiger partial charge in [0.25, 0.3) is 0 Å². The van der Waals surface area contributed by atoms with Gasteiger partial charge >= 0.3 is 0 Å². The highest BCUT2D eigenvalue weighted by Crippen LogP contribution is 2.22. The number of carbonyl (C=O) groups is 1. The lowest BCUT2D eigenvalue weighted by Gasteiger charge is -2.18. The van der Waals surface area contributed by atoms with E-state index < -0.39 is 0 Å². The van der Waals surface area contributed by atoms with E-state index >= 15 is 0 Å². The fraction of sp³-hybridized carbons (Fsp3) is 0.588. The van der Waals surface area contributed by atoms with Gasteiger partial charge in [0.1, 0.15) is 6.61 Å². The standard InChI is InChI=1S/C17H25NO2/c1-3-18(4-2)17(19)13-20-11-10-14-8-9-15-6-5-7-16(15)12-14/h8-9,12H,3-7,10-11,13H2,1-2H3. The lowest BCUT2D eigenvalue weighted by molar-refractivity contribution is -0.135. The summed E-state index contributed by atoms with van der Waals surface area (Å²) in [6, 6.07) is 6.75. The maximum absolute atomic E-state index is 11.8. The predicted molar refractivity (Wildman–Crippen MR) is 80.9 cm³/mol. The Bertz CT molecular complexity index is 452. The third-order valence-electron chi connectivity index (χ3n) is 4.04. The van der Waals surface area contributed by atoms with Crippen molar-refractivity contribution < 1.29 is 9.53 Å². The molecular weight excluding hydrogens is 250 g/mol. The van der Waals surface area contributed by atoms with Crippen molar-refractivity contribution in [1.29, 1.82) is 0 Å². The van der Waals surface area contributed by atoms with E-state index in [1.54, 1.807) is 4.90 Å². The van der Waals surface area contributed by atoms with Gasteiger partial charge in [-0.15, -0.1) is 0 Å². The summed E-state index contributed by atoms with van der Waals surface area (Å²) in [5.74, 6) is 0.0870. The van der Waals surface area contributed by atoms with E-state index in [-0.39, 0.29) is 12.5 Å². The molecule has 0 saturated carbocycles. The second kappa shape index (κ2) is 7.44. The molecule has 1 aromatic rings. The Morgan fingerprint density at radius 2 is 1.95 bits per heavy atom. The molecule has 3 nitrogen and oxygen atoms in total. The van der Waals surface area contributed by atoms with Gasteiger partial charge in [-0.25, -0.2) is 0 Å². The third kappa shape index (κ3) is 3.83. The Balaban J connectivity index is 1.72. The lowest BCUT2D eigenvalue weighted by atomic mass is 10.0. The first-order chi connectivity index (χ1) is 9.74. The Kier molecular flexibility index (Phi) is 5.60. The Morgan fingerprint density at radius 3 is 2.70 bits per heavy atom. The normalized spacial score (nSPS) is 13.3. The van der Waals surface area contributed by atoms with E-state index in [9.17, 15) is 4.79 Å². The number of likely N-dealkylation sites (N-methyl/N-ethyl adjacent to an activating group) is 1. The van der Waals surface area contributed by atoms with Crippen molar-refractivity contribution in [1.82, 2.24) is 4.90 Å². The predicted octanol–water partition coefficient (Wildman–Crippen LogP) is 2.60. The molecule has 0 unspecified atom stereocenters. The van der Waals surface area contributed by atoms with Gasteiger partial charge in [0.15, 0.2) is 0 Å². The molecule has 20 heavy (non-hydrogen) atoms. The highest BCUT2D eigenvalue weighted by Gasteiger charge is 2.11. The molecule has 0 saturated heterocycles. The molecule has 110 valence electrons. The van der Waals surface area contributed by atoms with Crippen LogP contribution in [0.25, 0.3) is 0 Å². The number of nitrogens with zero attached hydrogens (tertiary/aromatic N) is 1. The molecule has 1 aromatic carbocycles. The van der Waals surface area contributed by atoms with Crippen LogP contribution in [0.4, 0.5) is 0 Å². The van der Waals surface area contributed by atoms with Crippen molar-refractivity contribution in [3.8, 4) is 0 Å². The molecule has 1 aliphatic rings. The lowest BCUT2D eigenvalue weighted by Crippen LogP contribution is -2.33. The van der Waals surface area contributed by atoms with Gasteiger partial charge in [0.05, 0.1) is 6.61 Å². The van der Waals surface area contributed by atoms with Crippen LogP contribution in [0.1, 0.15) is 37.0 Å². The minimum atomic E-state index is 0.0870. The first kappa shape index (κ1) is 15.0. The van der Waals surface area contributed by atoms with Crippen LogP contribution in [-0.2, 0) is 28.8 Å². The van der Waals surface area contributed by atoms with E-state index in [4.69, 9.17) is 4.74 Å². The van der Waals surface area contributed by atoms with Gasteiger partial charge < -0.3 is 9.64 Å². The van der Waals surface area contributed by atoms with Crippen molar-refractivity contribution in [2.24, 2.45) is 0 Å². The van der Waals surface area contributed by atoms with E-state index in [0.29, 0.717) is 6.61 Å². The van der Waals surface area contributed by atoms with Crippen LogP contribution in [0, 0.1) is 0 Å². The fourth-order valence-corrected chi connectivity index (χ4v) is 2.80. The molecule has 3 heteroatoms. The molecule has 0 heterocycles. The topological polar surface area (TPSA) is 29.5 Å². The number of aryl methyl sites for hydroxylation is 2. The first-order valence-corrected chi connectivity index (χ1v) is 7.70. The van der Waals surface area contributed by atoms with Gasteiger partial charge in [-0.2, -0.15) is 0 Å². The molecular formula is C17H25NO2. The van der Waals surface area contributed by atoms with E-state index in [2.05, 4.69) is 18.2 Å². The SMILES string of the molecule is CCN(CC)C(=O)COCCc1ccc2c(c1)CCC2. The van der Waals surface area contributed by atoms with E-state index in [0.717, 1.165) is 19.5 Å². The summed E-state index contributed by atoms with van der Waals surface area (Å²) in [5.41, 5.74) is 4.33. The fourth-order valence-electron chi connectivity index (χ4n) is 2.80. The van der Waals surface area contributed by atoms with Crippen molar-refractivity contribution in [2.45, 2.75) is 39.5 Å². The number of carbonyl (C=O) groups excluding carboxylic acids is 1. The quantitative estimate of drug-likeness (QED) is 0.716. The summed E-state index contributed by atoms with van der Waals surface area (Å²) in [7, 11) is 0. The van der Waals surface area contributed by atoms with Gasteiger partial charge in [-0.3, -0.25) is 4.79 Å². The van der Waals surface area contributed by atoms with Gasteiger partial charge in [0.2, 0.25) is 5.91 Å². The number of ether oxygens (including phenoxy) is 1. The molecule has 0 aromatic heterocycles. The Hall–Kier alpha value is -1.35. The smallest absolute Gasteiger partial charge is 0.248 e. The number of fused-ring (bicyclic) bond motifs is 1. The summed E-state index contributed by atoms with van der Waals surface area (Å²) in [4.78, 5) is 13.6. The molecule has 2 rings (SSSR count). The number of amides is 1. The van der Waals surface area contributed by atoms with Gasteiger partial charge in [-0.1, -0.05) is 18.2 Å². The molecule has 0 radical (unpaired) electrons. The van der Waals surface area contributed by atoms with E-state index in [1.165, 1.54) is 36.0 Å². The summed E-state index contributed by atoms with van der Waals surface area (Å²) >= 11 is 0. The highest BCUT2D eigenvalue weighted by molar-refractivity contribution is 5.77. The number of rotatable bonds is 7. The van der Waals surface area contributed by atoms with Crippen molar-refractivity contribution in [2.75, 3.05) is 26.3 Å². The number of hydrogen-bond acceptors (Lipinski definition) is 2. The summed E-state index contributed by atoms with van der Waals surface area (Å²) in [6.07, 6.45) is 4.61. The van der Waals surface area contributed by atoms with Crippen LogP contribution in [-0.4, -0.2) is 37.1 Å². The largest absolute Gasteiger partial charge is 0.371 e. The average Bonchev–Trinajstić information content (AvgIpc) is 2.92. The zero-order valence-corrected chi connectivity index (χ0v) is 12.7. The number of benzene rings is 1. The molecule has 1 amide bonds. The van der Waals surface area contributed by atoms with Crippen LogP contribution >= 0.6 is 0 Å². The van der Waals surface area contributed by atoms with Crippen LogP contribution in [0.2, 0.25) is 0 Å². The first-order valence-electron chi connectivity index (χ1n) is 7.70. The zero-order valence-electron chi connectivity index (χ0n) is 12.7. The molecule has 1 aliphatic carbocycles. The Labute approximate surface area is 121 Å². The molecule has 0 aliphatic heterocycles. The average molecular weight is 275 g/mol. The van der Waals surface area contributed by atoms with Crippen molar-refractivity contribution in [3.05, 3.63) is 34.9 Å². The second-order valence-electron chi connectivity index (χ2n) is 5.33. The van der Waals surface area contributed by atoms with Gasteiger partial charge in [0, 0.05) is 13.1 Å². The summed E-state index contributed by atoms with van der Waals surface area (Å²) < 4.78 is 5.51. The summed E-state index contributed by atoms with van der Waals surface area (Å²) in [6.45, 7) is 6.31. The van der Waals surface area contributed by atoms with Crippen molar-refractivity contribution >= 4 is 5.91 Å². The highest BCUT2D eigenvalue weighted by atomic mass is 16.5. The molecule has 0 spiro atoms. The van der Waals surface area contributed by atoms with E-state index in [1.807, 2.05) is 13.8 Å². The van der Waals surface area contributed by atoms with Crippen LogP contribution in [0.15, 0.2) is 18.2 Å².